The average Bonchev–Trinajstić information content (AvgIpc) is 3.02. The van der Waals surface area contributed by atoms with Crippen LogP contribution in [0, 0.1) is 5.92 Å². The third kappa shape index (κ3) is 5.63. The van der Waals surface area contributed by atoms with Crippen LogP contribution in [0.2, 0.25) is 0 Å². The van der Waals surface area contributed by atoms with Crippen molar-refractivity contribution in [2.75, 3.05) is 13.2 Å². The number of nitrogens with one attached hydrogen (secondary N) is 1. The average molecular weight is 425 g/mol. The maximum Gasteiger partial charge on any atom is 0.407 e. The molecule has 1 aliphatic rings. The molecule has 3 rings (SSSR count). The smallest absolute Gasteiger partial charge is 0.407 e. The second-order valence-electron chi connectivity index (χ2n) is 8.53. The number of carboxylic acids is 1. The van der Waals surface area contributed by atoms with Gasteiger partial charge in [0.2, 0.25) is 0 Å². The first kappa shape index (κ1) is 22.3. The summed E-state index contributed by atoms with van der Waals surface area (Å²) < 4.78 is 10.6. The van der Waals surface area contributed by atoms with Gasteiger partial charge < -0.3 is 19.9 Å². The minimum Gasteiger partial charge on any atom is -0.481 e. The lowest BCUT2D eigenvalue weighted by Gasteiger charge is -2.21. The molecule has 2 N–H and O–H groups in total. The number of carbonyl (C=O) groups is 3. The highest BCUT2D eigenvalue weighted by Gasteiger charge is 2.30. The Bertz CT molecular complexity index is 933. The van der Waals surface area contributed by atoms with E-state index in [0.29, 0.717) is 0 Å². The third-order valence-corrected chi connectivity index (χ3v) is 5.02. The minimum atomic E-state index is -1.19. The number of hydrogen-bond acceptors (Lipinski definition) is 5. The Labute approximate surface area is 181 Å². The molecule has 1 atom stereocenters. The van der Waals surface area contributed by atoms with Gasteiger partial charge in [0.25, 0.3) is 0 Å². The zero-order valence-electron chi connectivity index (χ0n) is 17.9. The zero-order chi connectivity index (χ0) is 22.6. The monoisotopic (exact) mass is 425 g/mol. The van der Waals surface area contributed by atoms with Crippen LogP contribution in [-0.2, 0) is 19.1 Å². The molecule has 1 amide bonds. The largest absolute Gasteiger partial charge is 0.481 e. The number of hydrogen-bond donors (Lipinski definition) is 2. The maximum absolute atomic E-state index is 12.2. The Balaban J connectivity index is 1.56. The number of amides is 1. The summed E-state index contributed by atoms with van der Waals surface area (Å²) in [7, 11) is 0. The summed E-state index contributed by atoms with van der Waals surface area (Å²) in [5.41, 5.74) is 3.71. The number of aliphatic carboxylic acids is 1. The van der Waals surface area contributed by atoms with Crippen molar-refractivity contribution < 1.29 is 29.0 Å². The summed E-state index contributed by atoms with van der Waals surface area (Å²) in [6, 6.07) is 16.0. The number of carboxylic acid groups (broad SMARTS) is 1. The molecule has 0 saturated heterocycles. The van der Waals surface area contributed by atoms with Crippen molar-refractivity contribution in [3.8, 4) is 11.1 Å². The SMILES string of the molecule is CC(C)(C)OC(=O)C[C@@H](CNC(=O)OCC1c2ccccc2-c2ccccc21)C(=O)O. The number of fused-ring (bicyclic) bond motifs is 3. The van der Waals surface area contributed by atoms with Crippen molar-refractivity contribution in [1.29, 1.82) is 0 Å². The lowest BCUT2D eigenvalue weighted by molar-refractivity contribution is -0.159. The van der Waals surface area contributed by atoms with Crippen molar-refractivity contribution in [1.82, 2.24) is 5.32 Å². The zero-order valence-corrected chi connectivity index (χ0v) is 17.9. The van der Waals surface area contributed by atoms with Gasteiger partial charge in [-0.25, -0.2) is 4.79 Å². The van der Waals surface area contributed by atoms with Gasteiger partial charge in [-0.15, -0.1) is 0 Å². The van der Waals surface area contributed by atoms with Gasteiger partial charge in [-0.05, 0) is 43.0 Å². The second kappa shape index (κ2) is 9.20. The van der Waals surface area contributed by atoms with Crippen LogP contribution < -0.4 is 5.32 Å². The Morgan fingerprint density at radius 2 is 1.55 bits per heavy atom. The Morgan fingerprint density at radius 3 is 2.06 bits per heavy atom. The summed E-state index contributed by atoms with van der Waals surface area (Å²) >= 11 is 0. The van der Waals surface area contributed by atoms with Crippen molar-refractivity contribution in [3.63, 3.8) is 0 Å². The highest BCUT2D eigenvalue weighted by Crippen LogP contribution is 2.44. The molecule has 164 valence electrons. The van der Waals surface area contributed by atoms with Crippen LogP contribution in [-0.4, -0.2) is 41.9 Å². The van der Waals surface area contributed by atoms with Crippen molar-refractivity contribution in [2.24, 2.45) is 5.92 Å². The number of ether oxygens (including phenoxy) is 2. The predicted octanol–water partition coefficient (Wildman–Crippen LogP) is 3.96. The summed E-state index contributed by atoms with van der Waals surface area (Å²) in [6.07, 6.45) is -1.06. The van der Waals surface area contributed by atoms with Crippen LogP contribution in [0.15, 0.2) is 48.5 Å². The molecule has 0 fully saturated rings. The van der Waals surface area contributed by atoms with Gasteiger partial charge in [0.1, 0.15) is 12.2 Å². The van der Waals surface area contributed by atoms with Crippen LogP contribution in [0.25, 0.3) is 11.1 Å². The number of alkyl carbamates (subject to hydrolysis) is 1. The fourth-order valence-corrected chi connectivity index (χ4v) is 3.69. The first-order valence-electron chi connectivity index (χ1n) is 10.2. The van der Waals surface area contributed by atoms with E-state index in [1.165, 1.54) is 0 Å². The summed E-state index contributed by atoms with van der Waals surface area (Å²) in [4.78, 5) is 35.6. The lowest BCUT2D eigenvalue weighted by atomic mass is 9.98. The van der Waals surface area contributed by atoms with E-state index in [2.05, 4.69) is 5.32 Å². The molecule has 0 aliphatic heterocycles. The number of esters is 1. The van der Waals surface area contributed by atoms with E-state index in [0.717, 1.165) is 22.3 Å². The molecule has 1 aliphatic carbocycles. The van der Waals surface area contributed by atoms with E-state index >= 15 is 0 Å². The molecular weight excluding hydrogens is 398 g/mol. The van der Waals surface area contributed by atoms with Gasteiger partial charge in [0, 0.05) is 12.5 Å². The highest BCUT2D eigenvalue weighted by atomic mass is 16.6. The first-order valence-corrected chi connectivity index (χ1v) is 10.2. The minimum absolute atomic E-state index is 0.0878. The molecule has 0 radical (unpaired) electrons. The molecular formula is C24H27NO6. The van der Waals surface area contributed by atoms with Crippen LogP contribution in [0.1, 0.15) is 44.2 Å². The maximum atomic E-state index is 12.2. The molecule has 0 spiro atoms. The molecule has 0 bridgehead atoms. The van der Waals surface area contributed by atoms with Crippen molar-refractivity contribution in [3.05, 3.63) is 59.7 Å². The van der Waals surface area contributed by atoms with Crippen LogP contribution in [0.5, 0.6) is 0 Å². The van der Waals surface area contributed by atoms with Gasteiger partial charge in [-0.1, -0.05) is 48.5 Å². The van der Waals surface area contributed by atoms with E-state index in [-0.39, 0.29) is 25.5 Å². The van der Waals surface area contributed by atoms with Gasteiger partial charge >= 0.3 is 18.0 Å². The third-order valence-electron chi connectivity index (χ3n) is 5.02. The Hall–Kier alpha value is -3.35. The molecule has 2 aromatic carbocycles. The van der Waals surface area contributed by atoms with Gasteiger partial charge in [0.05, 0.1) is 12.3 Å². The number of benzene rings is 2. The second-order valence-corrected chi connectivity index (χ2v) is 8.53. The normalized spacial score (nSPS) is 13.6. The molecule has 0 saturated carbocycles. The molecule has 31 heavy (non-hydrogen) atoms. The Morgan fingerprint density at radius 1 is 1.00 bits per heavy atom. The van der Waals surface area contributed by atoms with Crippen LogP contribution in [0.3, 0.4) is 0 Å². The first-order chi connectivity index (χ1) is 14.7. The van der Waals surface area contributed by atoms with E-state index in [1.807, 2.05) is 48.5 Å². The van der Waals surface area contributed by atoms with E-state index in [4.69, 9.17) is 9.47 Å². The van der Waals surface area contributed by atoms with Crippen molar-refractivity contribution >= 4 is 18.0 Å². The fraction of sp³-hybridized carbons (Fsp3) is 0.375. The topological polar surface area (TPSA) is 102 Å². The standard InChI is InChI=1S/C24H27NO6/c1-24(2,3)31-21(26)12-15(22(27)28)13-25-23(29)30-14-20-18-10-6-4-8-16(18)17-9-5-7-11-19(17)20/h4-11,15,20H,12-14H2,1-3H3,(H,25,29)(H,27,28)/t15-/m0/s1. The van der Waals surface area contributed by atoms with E-state index in [1.54, 1.807) is 20.8 Å². The van der Waals surface area contributed by atoms with Crippen LogP contribution in [0.4, 0.5) is 4.79 Å². The van der Waals surface area contributed by atoms with Gasteiger partial charge in [-0.3, -0.25) is 9.59 Å². The molecule has 2 aromatic rings. The summed E-state index contributed by atoms with van der Waals surface area (Å²) in [5, 5.41) is 11.8. The van der Waals surface area contributed by atoms with Gasteiger partial charge in [-0.2, -0.15) is 0 Å². The number of carbonyl (C=O) groups excluding carboxylic acids is 2. The lowest BCUT2D eigenvalue weighted by Crippen LogP contribution is -2.36. The molecule has 0 unspecified atom stereocenters. The number of rotatable bonds is 7. The molecule has 0 aromatic heterocycles. The highest BCUT2D eigenvalue weighted by molar-refractivity contribution is 5.80. The quantitative estimate of drug-likeness (QED) is 0.651. The van der Waals surface area contributed by atoms with Crippen molar-refractivity contribution in [2.45, 2.75) is 38.7 Å². The fourth-order valence-electron chi connectivity index (χ4n) is 3.69. The molecule has 7 heteroatoms. The summed E-state index contributed by atoms with van der Waals surface area (Å²) in [6.45, 7) is 5.01. The molecule has 0 heterocycles. The van der Waals surface area contributed by atoms with Gasteiger partial charge in [0.15, 0.2) is 0 Å². The van der Waals surface area contributed by atoms with E-state index < -0.39 is 29.6 Å². The van der Waals surface area contributed by atoms with E-state index in [9.17, 15) is 19.5 Å². The Kier molecular flexibility index (Phi) is 6.63. The molecule has 7 nitrogen and oxygen atoms in total. The van der Waals surface area contributed by atoms with Crippen LogP contribution >= 0.6 is 0 Å². The summed E-state index contributed by atoms with van der Waals surface area (Å²) in [5.74, 6) is -3.01. The predicted molar refractivity (Wildman–Crippen MR) is 115 cm³/mol.